The van der Waals surface area contributed by atoms with Crippen LogP contribution in [0.25, 0.3) is 0 Å². The molecule has 1 atom stereocenters. The van der Waals surface area contributed by atoms with E-state index in [4.69, 9.17) is 0 Å². The Morgan fingerprint density at radius 3 is 2.85 bits per heavy atom. The van der Waals surface area contributed by atoms with E-state index in [1.165, 1.54) is 6.07 Å². The summed E-state index contributed by atoms with van der Waals surface area (Å²) in [5.74, 6) is 1.86. The van der Waals surface area contributed by atoms with E-state index < -0.39 is 11.7 Å². The summed E-state index contributed by atoms with van der Waals surface area (Å²) in [5, 5.41) is 11.1. The number of nitrogens with zero attached hydrogens (tertiary/aromatic N) is 5. The van der Waals surface area contributed by atoms with Gasteiger partial charge in [-0.25, -0.2) is 4.98 Å². The lowest BCUT2D eigenvalue weighted by Crippen LogP contribution is -2.33. The maximum Gasteiger partial charge on any atom is 0.417 e. The van der Waals surface area contributed by atoms with Crippen molar-refractivity contribution in [2.75, 3.05) is 18.0 Å². The molecule has 1 N–H and O–H groups in total. The number of hydrogen-bond acceptors (Lipinski definition) is 5. The number of carbonyl (C=O) groups excluding carboxylic acids is 1. The summed E-state index contributed by atoms with van der Waals surface area (Å²) in [6.45, 7) is 2.23. The van der Waals surface area contributed by atoms with Gasteiger partial charge in [-0.15, -0.1) is 10.2 Å². The van der Waals surface area contributed by atoms with Gasteiger partial charge in [-0.2, -0.15) is 13.2 Å². The van der Waals surface area contributed by atoms with E-state index in [9.17, 15) is 18.0 Å². The number of pyridine rings is 1. The van der Waals surface area contributed by atoms with Crippen molar-refractivity contribution < 1.29 is 18.0 Å². The predicted octanol–water partition coefficient (Wildman–Crippen LogP) is 1.78. The first-order valence-corrected chi connectivity index (χ1v) is 8.88. The first kappa shape index (κ1) is 17.7. The number of rotatable bonds is 4. The molecule has 1 fully saturated rings. The van der Waals surface area contributed by atoms with Gasteiger partial charge < -0.3 is 14.8 Å². The molecule has 0 aromatic carbocycles. The van der Waals surface area contributed by atoms with E-state index in [1.54, 1.807) is 0 Å². The fourth-order valence-electron chi connectivity index (χ4n) is 3.58. The largest absolute Gasteiger partial charge is 0.417 e. The van der Waals surface area contributed by atoms with Crippen molar-refractivity contribution >= 4 is 11.7 Å². The molecule has 2 aliphatic rings. The quantitative estimate of drug-likeness (QED) is 0.875. The van der Waals surface area contributed by atoms with Gasteiger partial charge in [-0.05, 0) is 25.0 Å². The van der Waals surface area contributed by atoms with Crippen LogP contribution in [-0.2, 0) is 30.5 Å². The van der Waals surface area contributed by atoms with Crippen LogP contribution in [0.3, 0.4) is 0 Å². The first-order chi connectivity index (χ1) is 12.9. The van der Waals surface area contributed by atoms with Crippen LogP contribution in [0.2, 0.25) is 0 Å². The van der Waals surface area contributed by atoms with Crippen LogP contribution >= 0.6 is 0 Å². The summed E-state index contributed by atoms with van der Waals surface area (Å²) < 4.78 is 39.9. The molecule has 0 saturated carbocycles. The van der Waals surface area contributed by atoms with Gasteiger partial charge in [0.25, 0.3) is 0 Å². The van der Waals surface area contributed by atoms with E-state index >= 15 is 0 Å². The summed E-state index contributed by atoms with van der Waals surface area (Å²) in [6, 6.07) is 2.37. The molecule has 2 aromatic rings. The molecule has 0 radical (unpaired) electrons. The Labute approximate surface area is 153 Å². The zero-order valence-electron chi connectivity index (χ0n) is 14.5. The third-order valence-corrected chi connectivity index (χ3v) is 5.07. The highest BCUT2D eigenvalue weighted by atomic mass is 19.4. The smallest absolute Gasteiger partial charge is 0.356 e. The van der Waals surface area contributed by atoms with Gasteiger partial charge in [-0.1, -0.05) is 0 Å². The molecule has 0 spiro atoms. The van der Waals surface area contributed by atoms with Crippen molar-refractivity contribution in [3.63, 3.8) is 0 Å². The fraction of sp³-hybridized carbons (Fsp3) is 0.529. The highest BCUT2D eigenvalue weighted by Crippen LogP contribution is 2.30. The van der Waals surface area contributed by atoms with Gasteiger partial charge in [0.1, 0.15) is 11.6 Å². The summed E-state index contributed by atoms with van der Waals surface area (Å²) in [4.78, 5) is 18.2. The van der Waals surface area contributed by atoms with Crippen LogP contribution in [0.1, 0.15) is 30.1 Å². The van der Waals surface area contributed by atoms with Gasteiger partial charge in [-0.3, -0.25) is 4.79 Å². The van der Waals surface area contributed by atoms with Gasteiger partial charge >= 0.3 is 6.18 Å². The SMILES string of the molecule is O=C(NCc1nnc2n1CCC2)C1CCN(c2ccc(C(F)(F)F)cn2)C1. The molecule has 144 valence electrons. The number of alkyl halides is 3. The summed E-state index contributed by atoms with van der Waals surface area (Å²) in [5.41, 5.74) is -0.777. The molecule has 0 bridgehead atoms. The van der Waals surface area contributed by atoms with Crippen molar-refractivity contribution in [1.82, 2.24) is 25.1 Å². The van der Waals surface area contributed by atoms with E-state index in [-0.39, 0.29) is 11.8 Å². The van der Waals surface area contributed by atoms with Gasteiger partial charge in [0.15, 0.2) is 5.82 Å². The van der Waals surface area contributed by atoms with Crippen molar-refractivity contribution in [2.45, 2.75) is 38.5 Å². The maximum absolute atomic E-state index is 12.6. The number of fused-ring (bicyclic) bond motifs is 1. The molecule has 1 saturated heterocycles. The van der Waals surface area contributed by atoms with E-state index in [1.807, 2.05) is 9.47 Å². The molecule has 4 heterocycles. The Bertz CT molecular complexity index is 832. The number of aromatic nitrogens is 4. The normalized spacial score (nSPS) is 19.4. The van der Waals surface area contributed by atoms with Gasteiger partial charge in [0, 0.05) is 32.3 Å². The molecular weight excluding hydrogens is 361 g/mol. The molecule has 27 heavy (non-hydrogen) atoms. The van der Waals surface area contributed by atoms with E-state index in [0.717, 1.165) is 43.3 Å². The predicted molar refractivity (Wildman–Crippen MR) is 89.7 cm³/mol. The molecule has 0 aliphatic carbocycles. The molecule has 1 amide bonds. The Balaban J connectivity index is 1.33. The minimum absolute atomic E-state index is 0.0836. The lowest BCUT2D eigenvalue weighted by Gasteiger charge is -2.18. The number of anilines is 1. The third kappa shape index (κ3) is 3.60. The molecule has 4 rings (SSSR count). The Morgan fingerprint density at radius 2 is 2.11 bits per heavy atom. The average molecular weight is 380 g/mol. The number of halogens is 3. The molecule has 2 aliphatic heterocycles. The van der Waals surface area contributed by atoms with Gasteiger partial charge in [0.2, 0.25) is 5.91 Å². The topological polar surface area (TPSA) is 75.9 Å². The van der Waals surface area contributed by atoms with Crippen LogP contribution < -0.4 is 10.2 Å². The van der Waals surface area contributed by atoms with E-state index in [2.05, 4.69) is 20.5 Å². The molecule has 2 aromatic heterocycles. The van der Waals surface area contributed by atoms with Crippen molar-refractivity contribution in [2.24, 2.45) is 5.92 Å². The maximum atomic E-state index is 12.6. The zero-order chi connectivity index (χ0) is 19.0. The average Bonchev–Trinajstić information content (AvgIpc) is 3.36. The minimum atomic E-state index is -4.40. The molecule has 10 heteroatoms. The fourth-order valence-corrected chi connectivity index (χ4v) is 3.58. The van der Waals surface area contributed by atoms with Crippen molar-refractivity contribution in [3.8, 4) is 0 Å². The number of aryl methyl sites for hydroxylation is 1. The minimum Gasteiger partial charge on any atom is -0.356 e. The third-order valence-electron chi connectivity index (χ3n) is 5.07. The first-order valence-electron chi connectivity index (χ1n) is 8.88. The van der Waals surface area contributed by atoms with Crippen LogP contribution in [-0.4, -0.2) is 38.7 Å². The molecule has 1 unspecified atom stereocenters. The molecular formula is C17H19F3N6O. The Kier molecular flexibility index (Phi) is 4.48. The number of nitrogens with one attached hydrogen (secondary N) is 1. The van der Waals surface area contributed by atoms with Gasteiger partial charge in [0.05, 0.1) is 18.0 Å². The van der Waals surface area contributed by atoms with Crippen LogP contribution in [0.4, 0.5) is 19.0 Å². The monoisotopic (exact) mass is 380 g/mol. The zero-order valence-corrected chi connectivity index (χ0v) is 14.5. The lowest BCUT2D eigenvalue weighted by atomic mass is 10.1. The highest BCUT2D eigenvalue weighted by molar-refractivity contribution is 5.79. The van der Waals surface area contributed by atoms with Crippen molar-refractivity contribution in [3.05, 3.63) is 35.5 Å². The standard InChI is InChI=1S/C17H19F3N6O/c18-17(19,20)12-3-4-13(21-8-12)25-7-5-11(10-25)16(27)22-9-15-24-23-14-2-1-6-26(14)15/h3-4,8,11H,1-2,5-7,9-10H2,(H,22,27). The lowest BCUT2D eigenvalue weighted by molar-refractivity contribution is -0.137. The Morgan fingerprint density at radius 1 is 1.26 bits per heavy atom. The summed E-state index contributed by atoms with van der Waals surface area (Å²) >= 11 is 0. The van der Waals surface area contributed by atoms with Crippen LogP contribution in [0.5, 0.6) is 0 Å². The second-order valence-electron chi connectivity index (χ2n) is 6.84. The van der Waals surface area contributed by atoms with Crippen molar-refractivity contribution in [1.29, 1.82) is 0 Å². The van der Waals surface area contributed by atoms with Crippen LogP contribution in [0.15, 0.2) is 18.3 Å². The van der Waals surface area contributed by atoms with Crippen LogP contribution in [0, 0.1) is 5.92 Å². The second-order valence-corrected chi connectivity index (χ2v) is 6.84. The number of hydrogen-bond donors (Lipinski definition) is 1. The summed E-state index contributed by atoms with van der Waals surface area (Å²) in [7, 11) is 0. The Hall–Kier alpha value is -2.65. The number of carbonyl (C=O) groups is 1. The second kappa shape index (κ2) is 6.82. The number of amides is 1. The highest BCUT2D eigenvalue weighted by Gasteiger charge is 2.32. The molecule has 7 nitrogen and oxygen atoms in total. The van der Waals surface area contributed by atoms with E-state index in [0.29, 0.717) is 31.9 Å². The summed E-state index contributed by atoms with van der Waals surface area (Å²) in [6.07, 6.45) is -0.982.